The molecule has 2 N–H and O–H groups in total. The minimum Gasteiger partial charge on any atom is -0.360 e. The summed E-state index contributed by atoms with van der Waals surface area (Å²) in [5, 5.41) is 8.18. The Hall–Kier alpha value is -0.570. The van der Waals surface area contributed by atoms with Gasteiger partial charge >= 0.3 is 0 Å². The molecule has 3 aliphatic carbocycles. The normalized spacial score (nSPS) is 33.0. The average molecular weight is 335 g/mol. The van der Waals surface area contributed by atoms with Gasteiger partial charge in [-0.25, -0.2) is 0 Å². The van der Waals surface area contributed by atoms with Crippen molar-refractivity contribution in [2.24, 2.45) is 11.8 Å². The van der Waals surface area contributed by atoms with Crippen LogP contribution in [0.15, 0.2) is 12.2 Å². The number of allylic oxidation sites excluding steroid dienone is 1. The Morgan fingerprint density at radius 1 is 0.739 bits per heavy atom. The molecule has 0 aromatic carbocycles. The van der Waals surface area contributed by atoms with E-state index < -0.39 is 0 Å². The van der Waals surface area contributed by atoms with Gasteiger partial charge in [-0.2, -0.15) is 0 Å². The molecule has 2 bridgehead atoms. The zero-order valence-electron chi connectivity index (χ0n) is 14.6. The Balaban J connectivity index is 1.41. The fourth-order valence-corrected chi connectivity index (χ4v) is 4.97. The minimum absolute atomic E-state index is 0.580. The first-order valence-corrected chi connectivity index (χ1v) is 10.5. The summed E-state index contributed by atoms with van der Waals surface area (Å²) in [6, 6.07) is 1.17. The van der Waals surface area contributed by atoms with E-state index in [-0.39, 0.29) is 0 Å². The summed E-state index contributed by atoms with van der Waals surface area (Å²) >= 11 is 5.63. The molecule has 0 radical (unpaired) electrons. The van der Waals surface area contributed by atoms with Gasteiger partial charge in [0.25, 0.3) is 0 Å². The van der Waals surface area contributed by atoms with Crippen LogP contribution in [-0.2, 0) is 0 Å². The van der Waals surface area contributed by atoms with Gasteiger partial charge in [0.05, 0.1) is 0 Å². The highest BCUT2D eigenvalue weighted by Crippen LogP contribution is 2.38. The fourth-order valence-electron chi connectivity index (χ4n) is 4.65. The standard InChI is InChI=1S/C20H34N2S/c23-20(22-19-15-16-12-13-17(19)14-16)21-18-10-8-6-4-2-1-3-5-7-9-11-18/h12-13,16-19H,1-11,14-15H2,(H2,21,22,23)/t16-,17-,19+/m0/s1. The highest BCUT2D eigenvalue weighted by molar-refractivity contribution is 7.80. The van der Waals surface area contributed by atoms with Crippen LogP contribution < -0.4 is 10.6 Å². The van der Waals surface area contributed by atoms with Crippen LogP contribution in [0.4, 0.5) is 0 Å². The van der Waals surface area contributed by atoms with Gasteiger partial charge in [0, 0.05) is 12.1 Å². The van der Waals surface area contributed by atoms with E-state index in [1.807, 2.05) is 0 Å². The molecular formula is C20H34N2S. The first-order valence-electron chi connectivity index (χ1n) is 10.1. The van der Waals surface area contributed by atoms with Crippen molar-refractivity contribution in [3.8, 4) is 0 Å². The Bertz CT molecular complexity index is 394. The fraction of sp³-hybridized carbons (Fsp3) is 0.850. The zero-order chi connectivity index (χ0) is 15.9. The predicted molar refractivity (Wildman–Crippen MR) is 103 cm³/mol. The lowest BCUT2D eigenvalue weighted by atomic mass is 9.98. The van der Waals surface area contributed by atoms with E-state index in [2.05, 4.69) is 22.8 Å². The first-order chi connectivity index (χ1) is 11.3. The van der Waals surface area contributed by atoms with Crippen LogP contribution >= 0.6 is 12.2 Å². The summed E-state index contributed by atoms with van der Waals surface area (Å²) in [7, 11) is 0. The van der Waals surface area contributed by atoms with Crippen molar-refractivity contribution in [3.05, 3.63) is 12.2 Å². The highest BCUT2D eigenvalue weighted by atomic mass is 32.1. The summed E-state index contributed by atoms with van der Waals surface area (Å²) in [6.07, 6.45) is 22.7. The topological polar surface area (TPSA) is 24.1 Å². The van der Waals surface area contributed by atoms with Gasteiger partial charge in [-0.05, 0) is 49.7 Å². The van der Waals surface area contributed by atoms with Gasteiger partial charge in [-0.1, -0.05) is 69.9 Å². The van der Waals surface area contributed by atoms with Gasteiger partial charge < -0.3 is 10.6 Å². The van der Waals surface area contributed by atoms with Gasteiger partial charge in [-0.3, -0.25) is 0 Å². The molecular weight excluding hydrogens is 300 g/mol. The lowest BCUT2D eigenvalue weighted by Gasteiger charge is -2.26. The molecule has 0 aromatic heterocycles. The molecule has 3 heteroatoms. The molecule has 23 heavy (non-hydrogen) atoms. The number of hydrogen-bond acceptors (Lipinski definition) is 1. The second-order valence-corrected chi connectivity index (χ2v) is 8.37. The molecule has 2 saturated carbocycles. The molecule has 0 spiro atoms. The smallest absolute Gasteiger partial charge is 0.166 e. The maximum atomic E-state index is 5.63. The molecule has 2 nitrogen and oxygen atoms in total. The van der Waals surface area contributed by atoms with Crippen LogP contribution in [0.5, 0.6) is 0 Å². The van der Waals surface area contributed by atoms with Crippen molar-refractivity contribution in [2.45, 2.75) is 95.6 Å². The van der Waals surface area contributed by atoms with E-state index in [0.717, 1.165) is 16.9 Å². The maximum Gasteiger partial charge on any atom is 0.166 e. The average Bonchev–Trinajstić information content (AvgIpc) is 3.12. The summed E-state index contributed by atoms with van der Waals surface area (Å²) in [4.78, 5) is 0. The van der Waals surface area contributed by atoms with Crippen LogP contribution in [0, 0.1) is 11.8 Å². The van der Waals surface area contributed by atoms with Crippen molar-refractivity contribution in [1.82, 2.24) is 10.6 Å². The highest BCUT2D eigenvalue weighted by Gasteiger charge is 2.35. The van der Waals surface area contributed by atoms with Crippen molar-refractivity contribution in [2.75, 3.05) is 0 Å². The molecule has 0 aliphatic heterocycles. The lowest BCUT2D eigenvalue weighted by Crippen LogP contribution is -2.47. The third-order valence-electron chi connectivity index (χ3n) is 6.04. The Labute approximate surface area is 147 Å². The lowest BCUT2D eigenvalue weighted by molar-refractivity contribution is 0.436. The SMILES string of the molecule is S=C(NC1CCCCCCCCCCC1)N[C@@H]1C[C@H]2C=C[C@H]1C2. The van der Waals surface area contributed by atoms with E-state index in [1.165, 1.54) is 83.5 Å². The third kappa shape index (κ3) is 5.48. The second kappa shape index (κ2) is 9.05. The Morgan fingerprint density at radius 2 is 1.35 bits per heavy atom. The second-order valence-electron chi connectivity index (χ2n) is 7.96. The van der Waals surface area contributed by atoms with Crippen LogP contribution in [0.1, 0.15) is 83.5 Å². The van der Waals surface area contributed by atoms with Crippen molar-refractivity contribution >= 4 is 17.3 Å². The van der Waals surface area contributed by atoms with Crippen molar-refractivity contribution < 1.29 is 0 Å². The third-order valence-corrected chi connectivity index (χ3v) is 6.27. The van der Waals surface area contributed by atoms with E-state index in [4.69, 9.17) is 12.2 Å². The first kappa shape index (κ1) is 17.3. The van der Waals surface area contributed by atoms with Crippen molar-refractivity contribution in [3.63, 3.8) is 0 Å². The van der Waals surface area contributed by atoms with Gasteiger partial charge in [-0.15, -0.1) is 0 Å². The maximum absolute atomic E-state index is 5.63. The summed E-state index contributed by atoms with van der Waals surface area (Å²) < 4.78 is 0. The van der Waals surface area contributed by atoms with Gasteiger partial charge in [0.15, 0.2) is 5.11 Å². The van der Waals surface area contributed by atoms with Gasteiger partial charge in [0.2, 0.25) is 0 Å². The van der Waals surface area contributed by atoms with Crippen LogP contribution in [-0.4, -0.2) is 17.2 Å². The van der Waals surface area contributed by atoms with E-state index in [1.54, 1.807) is 0 Å². The molecule has 0 saturated heterocycles. The zero-order valence-corrected chi connectivity index (χ0v) is 15.4. The van der Waals surface area contributed by atoms with Crippen molar-refractivity contribution in [1.29, 1.82) is 0 Å². The van der Waals surface area contributed by atoms with Crippen LogP contribution in [0.2, 0.25) is 0 Å². The summed E-state index contributed by atoms with van der Waals surface area (Å²) in [5.74, 6) is 1.53. The minimum atomic E-state index is 0.580. The molecule has 3 atom stereocenters. The molecule has 0 amide bonds. The number of nitrogens with one attached hydrogen (secondary N) is 2. The van der Waals surface area contributed by atoms with Gasteiger partial charge in [0.1, 0.15) is 0 Å². The number of hydrogen-bond donors (Lipinski definition) is 2. The van der Waals surface area contributed by atoms with E-state index >= 15 is 0 Å². The molecule has 2 fully saturated rings. The monoisotopic (exact) mass is 334 g/mol. The molecule has 130 valence electrons. The molecule has 0 aromatic rings. The number of rotatable bonds is 2. The molecule has 0 heterocycles. The van der Waals surface area contributed by atoms with E-state index in [0.29, 0.717) is 12.1 Å². The number of thiocarbonyl (C=S) groups is 1. The molecule has 0 unspecified atom stereocenters. The van der Waals surface area contributed by atoms with Crippen LogP contribution in [0.25, 0.3) is 0 Å². The van der Waals surface area contributed by atoms with Crippen LogP contribution in [0.3, 0.4) is 0 Å². The Kier molecular flexibility index (Phi) is 6.79. The van der Waals surface area contributed by atoms with E-state index in [9.17, 15) is 0 Å². The summed E-state index contributed by atoms with van der Waals surface area (Å²) in [5.41, 5.74) is 0. The summed E-state index contributed by atoms with van der Waals surface area (Å²) in [6.45, 7) is 0. The predicted octanol–water partition coefficient (Wildman–Crippen LogP) is 5.09. The quantitative estimate of drug-likeness (QED) is 0.543. The largest absolute Gasteiger partial charge is 0.360 e. The molecule has 3 rings (SSSR count). The number of fused-ring (bicyclic) bond motifs is 2. The Morgan fingerprint density at radius 3 is 1.87 bits per heavy atom. The molecule has 3 aliphatic rings.